The Hall–Kier alpha value is -4.34. The number of hydrogen-bond donors (Lipinski definition) is 5. The van der Waals surface area contributed by atoms with Crippen molar-refractivity contribution in [2.45, 2.75) is 57.7 Å². The summed E-state index contributed by atoms with van der Waals surface area (Å²) >= 11 is 0. The second-order valence-corrected chi connectivity index (χ2v) is 11.6. The van der Waals surface area contributed by atoms with Crippen LogP contribution in [0.1, 0.15) is 87.6 Å². The topological polar surface area (TPSA) is 136 Å². The van der Waals surface area contributed by atoms with E-state index in [4.69, 9.17) is 9.84 Å². The van der Waals surface area contributed by atoms with Gasteiger partial charge in [0.15, 0.2) is 5.78 Å². The Labute approximate surface area is 276 Å². The standard InChI is InChI=1S/C25H37NO4.C14H8O3/c27-20-23-18-22(13-14-24(23)28)25(29)19-26-15-7-1-2-8-16-30-17-9-6-12-21-10-4-3-5-11-21;15-13-10-5-2-1-4-8(10)9-6-3-7-11(12(9)13)14(16)17/h3-5,10-11,13-14,18,25-29H,1-2,6-9,12,15-17,19-20H2;1-7H,(H,16,17). The van der Waals surface area contributed by atoms with Crippen molar-refractivity contribution in [3.8, 4) is 16.9 Å². The summed E-state index contributed by atoms with van der Waals surface area (Å²) < 4.78 is 5.72. The molecule has 0 spiro atoms. The number of carbonyl (C=O) groups is 2. The fraction of sp³-hybridized carbons (Fsp3) is 0.333. The van der Waals surface area contributed by atoms with Gasteiger partial charge >= 0.3 is 5.97 Å². The Balaban J connectivity index is 0.000000246. The maximum Gasteiger partial charge on any atom is 0.336 e. The molecule has 4 aromatic rings. The maximum absolute atomic E-state index is 12.1. The first-order chi connectivity index (χ1) is 22.9. The third kappa shape index (κ3) is 10.3. The van der Waals surface area contributed by atoms with E-state index in [0.29, 0.717) is 34.4 Å². The van der Waals surface area contributed by atoms with E-state index < -0.39 is 12.1 Å². The van der Waals surface area contributed by atoms with E-state index >= 15 is 0 Å². The van der Waals surface area contributed by atoms with Gasteiger partial charge in [0.2, 0.25) is 0 Å². The molecule has 8 heteroatoms. The number of fused-ring (bicyclic) bond motifs is 3. The van der Waals surface area contributed by atoms with Crippen LogP contribution >= 0.6 is 0 Å². The van der Waals surface area contributed by atoms with Gasteiger partial charge in [-0.3, -0.25) is 4.79 Å². The lowest BCUT2D eigenvalue weighted by atomic mass is 10.0. The number of aromatic carboxylic acids is 1. The van der Waals surface area contributed by atoms with Crippen LogP contribution in [0.15, 0.2) is 91.0 Å². The number of aromatic hydroxyl groups is 1. The van der Waals surface area contributed by atoms with Crippen LogP contribution < -0.4 is 5.32 Å². The molecule has 248 valence electrons. The molecular weight excluding hydrogens is 594 g/mol. The van der Waals surface area contributed by atoms with Crippen molar-refractivity contribution < 1.29 is 34.8 Å². The molecule has 0 heterocycles. The smallest absolute Gasteiger partial charge is 0.336 e. The van der Waals surface area contributed by atoms with Crippen molar-refractivity contribution in [2.75, 3.05) is 26.3 Å². The highest BCUT2D eigenvalue weighted by molar-refractivity contribution is 6.25. The minimum absolute atomic E-state index is 0.0533. The molecule has 47 heavy (non-hydrogen) atoms. The number of hydrogen-bond acceptors (Lipinski definition) is 7. The van der Waals surface area contributed by atoms with Gasteiger partial charge in [-0.1, -0.05) is 85.6 Å². The van der Waals surface area contributed by atoms with Gasteiger partial charge in [0, 0.05) is 36.4 Å². The maximum atomic E-state index is 12.1. The first-order valence-electron chi connectivity index (χ1n) is 16.3. The van der Waals surface area contributed by atoms with Crippen LogP contribution in [0.5, 0.6) is 5.75 Å². The van der Waals surface area contributed by atoms with E-state index in [-0.39, 0.29) is 23.7 Å². The van der Waals surface area contributed by atoms with Crippen LogP contribution in [-0.4, -0.2) is 58.5 Å². The molecule has 0 aromatic heterocycles. The van der Waals surface area contributed by atoms with Gasteiger partial charge in [-0.05, 0) is 79.1 Å². The zero-order valence-corrected chi connectivity index (χ0v) is 26.7. The number of nitrogens with one attached hydrogen (secondary N) is 1. The lowest BCUT2D eigenvalue weighted by molar-refractivity contribution is 0.0693. The number of ether oxygens (including phenoxy) is 1. The summed E-state index contributed by atoms with van der Waals surface area (Å²) in [5.41, 5.74) is 5.02. The second kappa shape index (κ2) is 18.7. The number of rotatable bonds is 17. The molecule has 5 rings (SSSR count). The Morgan fingerprint density at radius 3 is 2.19 bits per heavy atom. The summed E-state index contributed by atoms with van der Waals surface area (Å²) in [6, 6.07) is 27.5. The van der Waals surface area contributed by atoms with Crippen molar-refractivity contribution in [3.63, 3.8) is 0 Å². The van der Waals surface area contributed by atoms with E-state index in [9.17, 15) is 24.9 Å². The molecule has 1 aliphatic rings. The largest absolute Gasteiger partial charge is 0.508 e. The monoisotopic (exact) mass is 639 g/mol. The van der Waals surface area contributed by atoms with Gasteiger partial charge < -0.3 is 30.5 Å². The third-order valence-corrected chi connectivity index (χ3v) is 8.22. The third-order valence-electron chi connectivity index (χ3n) is 8.22. The fourth-order valence-electron chi connectivity index (χ4n) is 5.63. The highest BCUT2D eigenvalue weighted by atomic mass is 16.5. The molecule has 1 atom stereocenters. The summed E-state index contributed by atoms with van der Waals surface area (Å²) in [5.74, 6) is -1.21. The van der Waals surface area contributed by atoms with Gasteiger partial charge in [-0.25, -0.2) is 4.79 Å². The van der Waals surface area contributed by atoms with Gasteiger partial charge in [-0.2, -0.15) is 0 Å². The van der Waals surface area contributed by atoms with Gasteiger partial charge in [0.05, 0.1) is 18.3 Å². The van der Waals surface area contributed by atoms with Crippen LogP contribution in [0.2, 0.25) is 0 Å². The van der Waals surface area contributed by atoms with Gasteiger partial charge in [-0.15, -0.1) is 0 Å². The molecule has 0 bridgehead atoms. The quantitative estimate of drug-likeness (QED) is 0.0709. The summed E-state index contributed by atoms with van der Waals surface area (Å²) in [4.78, 5) is 23.3. The van der Waals surface area contributed by atoms with Crippen molar-refractivity contribution in [1.29, 1.82) is 0 Å². The molecule has 0 amide bonds. The predicted octanol–water partition coefficient (Wildman–Crippen LogP) is 6.70. The zero-order valence-electron chi connectivity index (χ0n) is 26.7. The van der Waals surface area contributed by atoms with E-state index in [2.05, 4.69) is 35.6 Å². The molecular formula is C39H45NO7. The Kier molecular flexibility index (Phi) is 14.1. The van der Waals surface area contributed by atoms with Crippen molar-refractivity contribution in [2.24, 2.45) is 0 Å². The van der Waals surface area contributed by atoms with Crippen LogP contribution in [0, 0.1) is 0 Å². The number of unbranched alkanes of at least 4 members (excludes halogenated alkanes) is 4. The minimum atomic E-state index is -1.07. The van der Waals surface area contributed by atoms with E-state index in [1.807, 2.05) is 12.1 Å². The summed E-state index contributed by atoms with van der Waals surface area (Å²) in [6.45, 7) is 2.77. The van der Waals surface area contributed by atoms with E-state index in [0.717, 1.165) is 63.8 Å². The molecule has 1 aliphatic carbocycles. The normalized spacial score (nSPS) is 12.2. The number of carboxylic acid groups (broad SMARTS) is 1. The first-order valence-corrected chi connectivity index (χ1v) is 16.3. The number of ketones is 1. The second-order valence-electron chi connectivity index (χ2n) is 11.6. The summed E-state index contributed by atoms with van der Waals surface area (Å²) in [6.07, 6.45) is 7.24. The van der Waals surface area contributed by atoms with E-state index in [1.165, 1.54) is 24.1 Å². The van der Waals surface area contributed by atoms with E-state index in [1.54, 1.807) is 36.4 Å². The van der Waals surface area contributed by atoms with Gasteiger partial charge in [0.25, 0.3) is 0 Å². The lowest BCUT2D eigenvalue weighted by Gasteiger charge is -2.14. The molecule has 8 nitrogen and oxygen atoms in total. The average molecular weight is 640 g/mol. The van der Waals surface area contributed by atoms with Crippen LogP contribution in [0.3, 0.4) is 0 Å². The van der Waals surface area contributed by atoms with Crippen molar-refractivity contribution in [3.05, 3.63) is 124 Å². The Morgan fingerprint density at radius 1 is 0.766 bits per heavy atom. The fourth-order valence-corrected chi connectivity index (χ4v) is 5.63. The van der Waals surface area contributed by atoms with Crippen LogP contribution in [0.25, 0.3) is 11.1 Å². The predicted molar refractivity (Wildman–Crippen MR) is 183 cm³/mol. The van der Waals surface area contributed by atoms with Crippen LogP contribution in [-0.2, 0) is 17.8 Å². The molecule has 0 aliphatic heterocycles. The highest BCUT2D eigenvalue weighted by Gasteiger charge is 2.30. The summed E-state index contributed by atoms with van der Waals surface area (Å²) in [7, 11) is 0. The minimum Gasteiger partial charge on any atom is -0.508 e. The van der Waals surface area contributed by atoms with Crippen molar-refractivity contribution >= 4 is 11.8 Å². The number of benzene rings is 4. The SMILES string of the molecule is O=C(O)c1cccc2c1C(=O)c1ccccc1-2.OCc1cc(C(O)CNCCCCCCOCCCCc2ccccc2)ccc1O. The molecule has 0 fully saturated rings. The Morgan fingerprint density at radius 2 is 1.45 bits per heavy atom. The molecule has 0 saturated heterocycles. The molecule has 0 radical (unpaired) electrons. The molecule has 4 aromatic carbocycles. The van der Waals surface area contributed by atoms with Gasteiger partial charge in [0.1, 0.15) is 5.75 Å². The highest BCUT2D eigenvalue weighted by Crippen LogP contribution is 2.38. The van der Waals surface area contributed by atoms with Crippen molar-refractivity contribution in [1.82, 2.24) is 5.32 Å². The number of carbonyl (C=O) groups excluding carboxylic acids is 1. The number of aryl methyl sites for hydroxylation is 1. The number of aliphatic hydroxyl groups is 2. The average Bonchev–Trinajstić information content (AvgIpc) is 3.39. The number of carboxylic acids is 1. The summed E-state index contributed by atoms with van der Waals surface area (Å²) in [5, 5.41) is 41.3. The molecule has 1 unspecified atom stereocenters. The number of phenols is 1. The first kappa shape index (κ1) is 35.5. The number of aliphatic hydroxyl groups excluding tert-OH is 2. The Bertz CT molecular complexity index is 1590. The molecule has 0 saturated carbocycles. The lowest BCUT2D eigenvalue weighted by Crippen LogP contribution is -2.22. The molecule has 5 N–H and O–H groups in total. The zero-order chi connectivity index (χ0) is 33.4. The van der Waals surface area contributed by atoms with Crippen LogP contribution in [0.4, 0.5) is 0 Å².